The quantitative estimate of drug-likeness (QED) is 0.454. The van der Waals surface area contributed by atoms with Gasteiger partial charge >= 0.3 is 0 Å². The molecule has 7 nitrogen and oxygen atoms in total. The van der Waals surface area contributed by atoms with E-state index in [2.05, 4.69) is 15.7 Å². The van der Waals surface area contributed by atoms with Crippen LogP contribution in [0.5, 0.6) is 0 Å². The number of para-hydroxylation sites is 1. The molecule has 0 saturated heterocycles. The van der Waals surface area contributed by atoms with Crippen molar-refractivity contribution < 1.29 is 4.92 Å². The molecule has 0 saturated carbocycles. The summed E-state index contributed by atoms with van der Waals surface area (Å²) in [6.07, 6.45) is 0. The van der Waals surface area contributed by atoms with Crippen LogP contribution in [0.25, 0.3) is 0 Å². The van der Waals surface area contributed by atoms with Gasteiger partial charge in [-0.2, -0.15) is 0 Å². The number of nitrogen functional groups attached to an aromatic ring is 1. The molecule has 0 radical (unpaired) electrons. The minimum Gasteiger partial charge on any atom is -0.338 e. The van der Waals surface area contributed by atoms with E-state index in [1.54, 1.807) is 18.2 Å². The van der Waals surface area contributed by atoms with E-state index in [0.717, 1.165) is 0 Å². The van der Waals surface area contributed by atoms with Crippen LogP contribution in [0.2, 0.25) is 10.0 Å². The Morgan fingerprint density at radius 3 is 2.35 bits per heavy atom. The van der Waals surface area contributed by atoms with E-state index in [-0.39, 0.29) is 17.3 Å². The first-order valence-corrected chi connectivity index (χ1v) is 6.11. The van der Waals surface area contributed by atoms with Crippen LogP contribution >= 0.6 is 23.2 Å². The van der Waals surface area contributed by atoms with Crippen molar-refractivity contribution in [2.45, 2.75) is 0 Å². The summed E-state index contributed by atoms with van der Waals surface area (Å²) < 4.78 is 0. The summed E-state index contributed by atoms with van der Waals surface area (Å²) in [4.78, 5) is 14.3. The van der Waals surface area contributed by atoms with E-state index >= 15 is 0 Å². The van der Waals surface area contributed by atoms with E-state index in [1.165, 1.54) is 12.1 Å². The maximum Gasteiger partial charge on any atom is 0.276 e. The molecule has 2 aromatic rings. The first kappa shape index (κ1) is 14.3. The van der Waals surface area contributed by atoms with Crippen molar-refractivity contribution in [2.75, 3.05) is 10.7 Å². The lowest BCUT2D eigenvalue weighted by atomic mass is 10.3. The fraction of sp³-hybridized carbons (Fsp3) is 0. The fourth-order valence-electron chi connectivity index (χ4n) is 1.50. The number of hydrogen-bond donors (Lipinski definition) is 3. The Balaban J connectivity index is 2.43. The molecule has 1 aromatic carbocycles. The van der Waals surface area contributed by atoms with Crippen LogP contribution < -0.4 is 16.6 Å². The number of halogens is 2. The SMILES string of the molecule is NNc1cc([N+](=O)[O-])cc(Nc2c(Cl)cccc2Cl)n1. The van der Waals surface area contributed by atoms with Gasteiger partial charge in [0.2, 0.25) is 0 Å². The van der Waals surface area contributed by atoms with Crippen LogP contribution in [0.1, 0.15) is 0 Å². The molecule has 0 amide bonds. The lowest BCUT2D eigenvalue weighted by Gasteiger charge is -2.10. The third-order valence-electron chi connectivity index (χ3n) is 2.38. The zero-order valence-corrected chi connectivity index (χ0v) is 11.4. The molecule has 0 aliphatic rings. The summed E-state index contributed by atoms with van der Waals surface area (Å²) in [6.45, 7) is 0. The molecule has 1 heterocycles. The molecule has 9 heteroatoms. The summed E-state index contributed by atoms with van der Waals surface area (Å²) in [5.41, 5.74) is 2.50. The number of nitrogens with zero attached hydrogens (tertiary/aromatic N) is 2. The van der Waals surface area contributed by atoms with Gasteiger partial charge in [0, 0.05) is 0 Å². The van der Waals surface area contributed by atoms with E-state index in [9.17, 15) is 10.1 Å². The van der Waals surface area contributed by atoms with Gasteiger partial charge in [0.25, 0.3) is 5.69 Å². The Hall–Kier alpha value is -2.09. The van der Waals surface area contributed by atoms with Crippen molar-refractivity contribution in [3.8, 4) is 0 Å². The van der Waals surface area contributed by atoms with Gasteiger partial charge in [0.15, 0.2) is 0 Å². The second kappa shape index (κ2) is 5.91. The second-order valence-corrected chi connectivity index (χ2v) is 4.53. The van der Waals surface area contributed by atoms with Crippen molar-refractivity contribution in [1.29, 1.82) is 0 Å². The van der Waals surface area contributed by atoms with Gasteiger partial charge in [-0.25, -0.2) is 10.8 Å². The third kappa shape index (κ3) is 3.08. The maximum absolute atomic E-state index is 10.8. The number of pyridine rings is 1. The van der Waals surface area contributed by atoms with Crippen molar-refractivity contribution in [2.24, 2.45) is 5.84 Å². The molecule has 1 aromatic heterocycles. The van der Waals surface area contributed by atoms with Crippen LogP contribution in [-0.2, 0) is 0 Å². The maximum atomic E-state index is 10.8. The first-order chi connectivity index (χ1) is 9.51. The monoisotopic (exact) mass is 313 g/mol. The predicted molar refractivity (Wildman–Crippen MR) is 78.4 cm³/mol. The van der Waals surface area contributed by atoms with Crippen molar-refractivity contribution >= 4 is 46.2 Å². The van der Waals surface area contributed by atoms with Gasteiger partial charge in [-0.05, 0) is 12.1 Å². The summed E-state index contributed by atoms with van der Waals surface area (Å²) >= 11 is 12.0. The largest absolute Gasteiger partial charge is 0.338 e. The summed E-state index contributed by atoms with van der Waals surface area (Å²) in [7, 11) is 0. The second-order valence-electron chi connectivity index (χ2n) is 3.72. The first-order valence-electron chi connectivity index (χ1n) is 5.35. The molecule has 0 aliphatic heterocycles. The average molecular weight is 314 g/mol. The number of hydrazine groups is 1. The molecule has 20 heavy (non-hydrogen) atoms. The molecule has 0 atom stereocenters. The van der Waals surface area contributed by atoms with Crippen LogP contribution in [0.15, 0.2) is 30.3 Å². The highest BCUT2D eigenvalue weighted by atomic mass is 35.5. The van der Waals surface area contributed by atoms with Crippen molar-refractivity contribution in [3.05, 3.63) is 50.5 Å². The molecule has 0 spiro atoms. The number of aromatic nitrogens is 1. The molecule has 0 fully saturated rings. The van der Waals surface area contributed by atoms with Gasteiger partial charge in [-0.3, -0.25) is 10.1 Å². The fourth-order valence-corrected chi connectivity index (χ4v) is 2.00. The van der Waals surface area contributed by atoms with Gasteiger partial charge in [-0.1, -0.05) is 29.3 Å². The van der Waals surface area contributed by atoms with Crippen molar-refractivity contribution in [1.82, 2.24) is 4.98 Å². The van der Waals surface area contributed by atoms with E-state index < -0.39 is 4.92 Å². The number of nitro groups is 1. The zero-order chi connectivity index (χ0) is 14.7. The highest BCUT2D eigenvalue weighted by molar-refractivity contribution is 6.39. The van der Waals surface area contributed by atoms with Crippen LogP contribution in [0.4, 0.5) is 23.0 Å². The number of hydrogen-bond acceptors (Lipinski definition) is 6. The van der Waals surface area contributed by atoms with E-state index in [0.29, 0.717) is 15.7 Å². The minimum atomic E-state index is -0.554. The van der Waals surface area contributed by atoms with E-state index in [1.807, 2.05) is 0 Å². The highest BCUT2D eigenvalue weighted by Crippen LogP contribution is 2.33. The summed E-state index contributed by atoms with van der Waals surface area (Å²) in [6, 6.07) is 7.41. The standard InChI is InChI=1S/C11H9Cl2N5O2/c12-7-2-1-3-8(13)11(7)16-9-4-6(18(19)20)5-10(15-9)17-14/h1-5H,14H2,(H2,15,16,17). The summed E-state index contributed by atoms with van der Waals surface area (Å²) in [5, 5.41) is 14.4. The van der Waals surface area contributed by atoms with Crippen molar-refractivity contribution in [3.63, 3.8) is 0 Å². The molecule has 104 valence electrons. The number of nitrogens with two attached hydrogens (primary N) is 1. The topological polar surface area (TPSA) is 106 Å². The molecular formula is C11H9Cl2N5O2. The number of anilines is 3. The Morgan fingerprint density at radius 2 is 1.80 bits per heavy atom. The number of rotatable bonds is 4. The molecule has 4 N–H and O–H groups in total. The molecular weight excluding hydrogens is 305 g/mol. The molecule has 2 rings (SSSR count). The third-order valence-corrected chi connectivity index (χ3v) is 3.01. The van der Waals surface area contributed by atoms with Gasteiger partial charge in [0.05, 0.1) is 32.8 Å². The highest BCUT2D eigenvalue weighted by Gasteiger charge is 2.13. The zero-order valence-electron chi connectivity index (χ0n) is 9.93. The smallest absolute Gasteiger partial charge is 0.276 e. The predicted octanol–water partition coefficient (Wildman–Crippen LogP) is 3.33. The van der Waals surface area contributed by atoms with Crippen LogP contribution in [0, 0.1) is 10.1 Å². The summed E-state index contributed by atoms with van der Waals surface area (Å²) in [5.74, 6) is 5.57. The minimum absolute atomic E-state index is 0.143. The lowest BCUT2D eigenvalue weighted by Crippen LogP contribution is -2.10. The lowest BCUT2D eigenvalue weighted by molar-refractivity contribution is -0.384. The van der Waals surface area contributed by atoms with Gasteiger partial charge in [0.1, 0.15) is 11.6 Å². The van der Waals surface area contributed by atoms with Gasteiger partial charge in [-0.15, -0.1) is 0 Å². The van der Waals surface area contributed by atoms with Crippen LogP contribution in [-0.4, -0.2) is 9.91 Å². The Kier molecular flexibility index (Phi) is 4.23. The Bertz CT molecular complexity index is 645. The number of benzene rings is 1. The molecule has 0 unspecified atom stereocenters. The number of nitrogens with one attached hydrogen (secondary N) is 2. The van der Waals surface area contributed by atoms with Crippen LogP contribution in [0.3, 0.4) is 0 Å². The average Bonchev–Trinajstić information content (AvgIpc) is 2.42. The van der Waals surface area contributed by atoms with E-state index in [4.69, 9.17) is 29.0 Å². The Morgan fingerprint density at radius 1 is 1.20 bits per heavy atom. The molecule has 0 aliphatic carbocycles. The Labute approximate surface area is 123 Å². The van der Waals surface area contributed by atoms with Gasteiger partial charge < -0.3 is 10.7 Å². The normalized spacial score (nSPS) is 10.2. The molecule has 0 bridgehead atoms.